The summed E-state index contributed by atoms with van der Waals surface area (Å²) in [6.45, 7) is 5.78. The number of benzene rings is 1. The largest absolute Gasteiger partial charge is 0.478 e. The van der Waals surface area contributed by atoms with E-state index in [0.717, 1.165) is 5.69 Å². The lowest BCUT2D eigenvalue weighted by molar-refractivity contribution is 0.0580. The van der Waals surface area contributed by atoms with E-state index in [4.69, 9.17) is 9.84 Å². The minimum atomic E-state index is -1.01. The summed E-state index contributed by atoms with van der Waals surface area (Å²) in [5.41, 5.74) is 0.979. The van der Waals surface area contributed by atoms with Gasteiger partial charge in [-0.25, -0.2) is 9.59 Å². The lowest BCUT2D eigenvalue weighted by atomic mass is 10.2. The van der Waals surface area contributed by atoms with Gasteiger partial charge in [-0.05, 0) is 57.2 Å². The Morgan fingerprint density at radius 2 is 1.80 bits per heavy atom. The highest BCUT2D eigenvalue weighted by Crippen LogP contribution is 2.20. The summed E-state index contributed by atoms with van der Waals surface area (Å²) in [5, 5.41) is 9.01. The number of anilines is 1. The van der Waals surface area contributed by atoms with E-state index in [1.165, 1.54) is 17.0 Å². The molecular weight excluding hydrogens is 320 g/mol. The molecule has 132 valence electrons. The van der Waals surface area contributed by atoms with Crippen molar-refractivity contribution >= 4 is 17.7 Å². The van der Waals surface area contributed by atoms with Crippen LogP contribution in [0.2, 0.25) is 0 Å². The van der Waals surface area contributed by atoms with Gasteiger partial charge in [0.05, 0.1) is 5.56 Å². The molecule has 0 bridgehead atoms. The van der Waals surface area contributed by atoms with Gasteiger partial charge in [-0.2, -0.15) is 0 Å². The topological polar surface area (TPSA) is 79.7 Å². The number of hydrogen-bond acceptors (Lipinski definition) is 4. The van der Waals surface area contributed by atoms with Gasteiger partial charge in [-0.15, -0.1) is 0 Å². The second-order valence-corrected chi connectivity index (χ2v) is 6.56. The van der Waals surface area contributed by atoms with Crippen molar-refractivity contribution in [3.8, 4) is 0 Å². The van der Waals surface area contributed by atoms with Gasteiger partial charge in [0.1, 0.15) is 5.60 Å². The van der Waals surface area contributed by atoms with Crippen molar-refractivity contribution in [3.05, 3.63) is 59.9 Å². The number of carboxylic acids is 1. The number of ether oxygens (including phenoxy) is 1. The van der Waals surface area contributed by atoms with Crippen molar-refractivity contribution in [2.45, 2.75) is 32.8 Å². The van der Waals surface area contributed by atoms with Gasteiger partial charge in [-0.3, -0.25) is 9.88 Å². The van der Waals surface area contributed by atoms with Crippen molar-refractivity contribution < 1.29 is 19.4 Å². The monoisotopic (exact) mass is 342 g/mol. The van der Waals surface area contributed by atoms with Gasteiger partial charge in [0, 0.05) is 30.5 Å². The third-order valence-corrected chi connectivity index (χ3v) is 3.36. The molecule has 0 radical (unpaired) electrons. The third kappa shape index (κ3) is 5.60. The van der Waals surface area contributed by atoms with E-state index < -0.39 is 17.7 Å². The zero-order chi connectivity index (χ0) is 18.4. The van der Waals surface area contributed by atoms with Crippen LogP contribution in [-0.4, -0.2) is 34.3 Å². The first-order chi connectivity index (χ1) is 11.8. The van der Waals surface area contributed by atoms with E-state index in [2.05, 4.69) is 4.98 Å². The number of carbonyl (C=O) groups excluding carboxylic acids is 1. The Kier molecular flexibility index (Phi) is 5.75. The Bertz CT molecular complexity index is 721. The molecule has 25 heavy (non-hydrogen) atoms. The molecule has 1 aromatic carbocycles. The van der Waals surface area contributed by atoms with Crippen molar-refractivity contribution in [1.82, 2.24) is 4.98 Å². The predicted octanol–water partition coefficient (Wildman–Crippen LogP) is 3.76. The minimum absolute atomic E-state index is 0.164. The molecule has 0 fully saturated rings. The molecule has 2 rings (SSSR count). The van der Waals surface area contributed by atoms with Crippen LogP contribution in [0.5, 0.6) is 0 Å². The van der Waals surface area contributed by atoms with Crippen molar-refractivity contribution in [1.29, 1.82) is 0 Å². The molecule has 1 heterocycles. The third-order valence-electron chi connectivity index (χ3n) is 3.36. The smallest absolute Gasteiger partial charge is 0.414 e. The lowest BCUT2D eigenvalue weighted by Crippen LogP contribution is -2.38. The number of hydrogen-bond donors (Lipinski definition) is 1. The quantitative estimate of drug-likeness (QED) is 0.895. The van der Waals surface area contributed by atoms with E-state index in [-0.39, 0.29) is 5.56 Å². The molecule has 0 aliphatic rings. The second-order valence-electron chi connectivity index (χ2n) is 6.56. The van der Waals surface area contributed by atoms with Crippen LogP contribution in [0.4, 0.5) is 10.5 Å². The summed E-state index contributed by atoms with van der Waals surface area (Å²) in [5.74, 6) is -1.01. The summed E-state index contributed by atoms with van der Waals surface area (Å²) < 4.78 is 5.47. The van der Waals surface area contributed by atoms with Crippen LogP contribution in [0.15, 0.2) is 48.7 Å². The van der Waals surface area contributed by atoms with E-state index in [0.29, 0.717) is 18.7 Å². The Morgan fingerprint density at radius 3 is 2.32 bits per heavy atom. The molecule has 0 saturated carbocycles. The Morgan fingerprint density at radius 1 is 1.12 bits per heavy atom. The van der Waals surface area contributed by atoms with Crippen LogP contribution in [0.3, 0.4) is 0 Å². The second kappa shape index (κ2) is 7.79. The molecule has 2 aromatic rings. The Hall–Kier alpha value is -2.89. The number of aromatic nitrogens is 1. The first-order valence-corrected chi connectivity index (χ1v) is 8.00. The van der Waals surface area contributed by atoms with Gasteiger partial charge < -0.3 is 9.84 Å². The number of amides is 1. The molecule has 0 spiro atoms. The van der Waals surface area contributed by atoms with Crippen LogP contribution in [-0.2, 0) is 11.2 Å². The molecule has 0 saturated heterocycles. The highest BCUT2D eigenvalue weighted by Gasteiger charge is 2.23. The van der Waals surface area contributed by atoms with Crippen molar-refractivity contribution in [2.75, 3.05) is 11.4 Å². The summed E-state index contributed by atoms with van der Waals surface area (Å²) >= 11 is 0. The SMILES string of the molecule is CC(C)(C)OC(=O)N(CCc1ccccn1)c1ccc(C(=O)O)cc1. The van der Waals surface area contributed by atoms with E-state index in [1.54, 1.807) is 39.1 Å². The first-order valence-electron chi connectivity index (χ1n) is 8.00. The van der Waals surface area contributed by atoms with E-state index in [9.17, 15) is 9.59 Å². The highest BCUT2D eigenvalue weighted by atomic mass is 16.6. The van der Waals surface area contributed by atoms with Gasteiger partial charge in [-0.1, -0.05) is 6.07 Å². The summed E-state index contributed by atoms with van der Waals surface area (Å²) in [6, 6.07) is 11.8. The van der Waals surface area contributed by atoms with Crippen LogP contribution in [0.25, 0.3) is 0 Å². The van der Waals surface area contributed by atoms with Crippen molar-refractivity contribution in [2.24, 2.45) is 0 Å². The number of carboxylic acid groups (broad SMARTS) is 1. The van der Waals surface area contributed by atoms with Gasteiger partial charge in [0.15, 0.2) is 0 Å². The van der Waals surface area contributed by atoms with Gasteiger partial charge in [0.2, 0.25) is 0 Å². The molecule has 0 aliphatic carbocycles. The molecule has 1 N–H and O–H groups in total. The molecule has 1 aromatic heterocycles. The van der Waals surface area contributed by atoms with Gasteiger partial charge in [0.25, 0.3) is 0 Å². The lowest BCUT2D eigenvalue weighted by Gasteiger charge is -2.27. The number of aromatic carboxylic acids is 1. The fourth-order valence-electron chi connectivity index (χ4n) is 2.20. The first kappa shape index (κ1) is 18.4. The Balaban J connectivity index is 2.21. The molecule has 0 atom stereocenters. The number of nitrogens with zero attached hydrogens (tertiary/aromatic N) is 2. The van der Waals surface area contributed by atoms with Crippen LogP contribution >= 0.6 is 0 Å². The molecule has 6 heteroatoms. The number of pyridine rings is 1. The molecule has 0 unspecified atom stereocenters. The normalized spacial score (nSPS) is 11.0. The highest BCUT2D eigenvalue weighted by molar-refractivity contribution is 5.91. The Labute approximate surface area is 147 Å². The molecule has 1 amide bonds. The maximum atomic E-state index is 12.6. The summed E-state index contributed by atoms with van der Waals surface area (Å²) in [6.07, 6.45) is 1.78. The van der Waals surface area contributed by atoms with Crippen molar-refractivity contribution in [3.63, 3.8) is 0 Å². The molecule has 0 aliphatic heterocycles. The maximum absolute atomic E-state index is 12.6. The van der Waals surface area contributed by atoms with Crippen LogP contribution in [0, 0.1) is 0 Å². The predicted molar refractivity (Wildman–Crippen MR) is 94.9 cm³/mol. The summed E-state index contributed by atoms with van der Waals surface area (Å²) in [7, 11) is 0. The zero-order valence-electron chi connectivity index (χ0n) is 14.6. The number of rotatable bonds is 5. The summed E-state index contributed by atoms with van der Waals surface area (Å²) in [4.78, 5) is 29.3. The van der Waals surface area contributed by atoms with Gasteiger partial charge >= 0.3 is 12.1 Å². The molecular formula is C19H22N2O4. The van der Waals surface area contributed by atoms with Crippen LogP contribution < -0.4 is 4.90 Å². The average Bonchev–Trinajstić information content (AvgIpc) is 2.55. The fourth-order valence-corrected chi connectivity index (χ4v) is 2.20. The molecule has 6 nitrogen and oxygen atoms in total. The maximum Gasteiger partial charge on any atom is 0.414 e. The van der Waals surface area contributed by atoms with E-state index in [1.807, 2.05) is 18.2 Å². The van der Waals surface area contributed by atoms with Crippen LogP contribution in [0.1, 0.15) is 36.8 Å². The average molecular weight is 342 g/mol. The standard InChI is InChI=1S/C19H22N2O4/c1-19(2,3)25-18(24)21(13-11-15-6-4-5-12-20-15)16-9-7-14(8-10-16)17(22)23/h4-10,12H,11,13H2,1-3H3,(H,22,23). The fraction of sp³-hybridized carbons (Fsp3) is 0.316. The zero-order valence-corrected chi connectivity index (χ0v) is 14.6. The van der Waals surface area contributed by atoms with E-state index >= 15 is 0 Å². The minimum Gasteiger partial charge on any atom is -0.478 e. The number of carbonyl (C=O) groups is 2.